The molecule has 0 spiro atoms. The Morgan fingerprint density at radius 2 is 2.00 bits per heavy atom. The quantitative estimate of drug-likeness (QED) is 0.454. The molecule has 142 valence electrons. The fraction of sp³-hybridized carbons (Fsp3) is 0.389. The molecule has 0 bridgehead atoms. The summed E-state index contributed by atoms with van der Waals surface area (Å²) in [5, 5.41) is 28.0. The molecule has 0 fully saturated rings. The molecule has 0 aliphatic heterocycles. The molecule has 2 rings (SSSR count). The van der Waals surface area contributed by atoms with Crippen LogP contribution in [0, 0.1) is 0 Å². The minimum Gasteiger partial charge on any atom is -0.508 e. The molecule has 0 aliphatic carbocycles. The predicted molar refractivity (Wildman–Crippen MR) is 95.9 cm³/mol. The van der Waals surface area contributed by atoms with Crippen LogP contribution >= 0.6 is 0 Å². The molecule has 8 heteroatoms. The molecule has 1 unspecified atom stereocenters. The summed E-state index contributed by atoms with van der Waals surface area (Å²) in [4.78, 5) is 25.4. The van der Waals surface area contributed by atoms with Crippen LogP contribution in [0.2, 0.25) is 0 Å². The van der Waals surface area contributed by atoms with Gasteiger partial charge in [-0.15, -0.1) is 0 Å². The van der Waals surface area contributed by atoms with Crippen molar-refractivity contribution in [3.63, 3.8) is 0 Å². The van der Waals surface area contributed by atoms with E-state index in [9.17, 15) is 5.11 Å². The minimum absolute atomic E-state index is 0.293. The fourth-order valence-corrected chi connectivity index (χ4v) is 2.36. The molecular weight excluding hydrogens is 338 g/mol. The number of phenols is 1. The fourth-order valence-electron chi connectivity index (χ4n) is 2.36. The summed E-state index contributed by atoms with van der Waals surface area (Å²) < 4.78 is 0. The molecular formula is C18H25N3O5. The highest BCUT2D eigenvalue weighted by Gasteiger charge is 2.11. The van der Waals surface area contributed by atoms with Gasteiger partial charge in [-0.2, -0.15) is 0 Å². The van der Waals surface area contributed by atoms with Crippen molar-refractivity contribution in [1.29, 1.82) is 0 Å². The van der Waals surface area contributed by atoms with Crippen LogP contribution < -0.4 is 5.32 Å². The van der Waals surface area contributed by atoms with Gasteiger partial charge in [-0.25, -0.2) is 14.6 Å². The molecule has 0 saturated heterocycles. The number of nitrogens with one attached hydrogen (secondary N) is 2. The Hall–Kier alpha value is -2.87. The molecule has 5 N–H and O–H groups in total. The van der Waals surface area contributed by atoms with E-state index in [0.717, 1.165) is 43.5 Å². The van der Waals surface area contributed by atoms with Crippen LogP contribution in [0.5, 0.6) is 5.75 Å². The van der Waals surface area contributed by atoms with Crippen LogP contribution in [0.4, 0.5) is 0 Å². The molecule has 0 aliphatic rings. The van der Waals surface area contributed by atoms with E-state index < -0.39 is 11.9 Å². The molecule has 1 heterocycles. The van der Waals surface area contributed by atoms with Crippen molar-refractivity contribution in [2.24, 2.45) is 0 Å². The number of aromatic hydroxyl groups is 1. The van der Waals surface area contributed by atoms with Crippen LogP contribution in [0.15, 0.2) is 36.8 Å². The lowest BCUT2D eigenvalue weighted by atomic mass is 10.00. The largest absolute Gasteiger partial charge is 0.508 e. The van der Waals surface area contributed by atoms with Gasteiger partial charge in [0.1, 0.15) is 5.75 Å². The molecule has 2 aromatic rings. The van der Waals surface area contributed by atoms with E-state index in [-0.39, 0.29) is 0 Å². The van der Waals surface area contributed by atoms with E-state index in [1.165, 1.54) is 0 Å². The number of imidazole rings is 1. The maximum absolute atomic E-state index is 9.62. The molecule has 26 heavy (non-hydrogen) atoms. The monoisotopic (exact) mass is 363 g/mol. The predicted octanol–water partition coefficient (Wildman–Crippen LogP) is 2.33. The number of hydrogen-bond donors (Lipinski definition) is 5. The summed E-state index contributed by atoms with van der Waals surface area (Å²) in [7, 11) is 0. The van der Waals surface area contributed by atoms with Gasteiger partial charge < -0.3 is 25.6 Å². The number of carboxylic acid groups (broad SMARTS) is 2. The summed E-state index contributed by atoms with van der Waals surface area (Å²) in [6.07, 6.45) is 7.86. The number of H-pyrrole nitrogens is 1. The molecule has 1 atom stereocenters. The summed E-state index contributed by atoms with van der Waals surface area (Å²) in [5.74, 6) is -3.32. The van der Waals surface area contributed by atoms with E-state index >= 15 is 0 Å². The van der Waals surface area contributed by atoms with Crippen molar-refractivity contribution >= 4 is 11.9 Å². The van der Waals surface area contributed by atoms with Crippen molar-refractivity contribution in [2.45, 2.75) is 38.6 Å². The number of aromatic amines is 1. The van der Waals surface area contributed by atoms with Crippen molar-refractivity contribution in [3.8, 4) is 5.75 Å². The zero-order chi connectivity index (χ0) is 19.4. The van der Waals surface area contributed by atoms with Gasteiger partial charge in [-0.05, 0) is 49.9 Å². The van der Waals surface area contributed by atoms with E-state index in [0.29, 0.717) is 11.8 Å². The average Bonchev–Trinajstić information content (AvgIpc) is 3.11. The number of aromatic nitrogens is 2. The van der Waals surface area contributed by atoms with E-state index in [4.69, 9.17) is 19.8 Å². The van der Waals surface area contributed by atoms with Crippen LogP contribution in [-0.4, -0.2) is 43.8 Å². The first-order valence-corrected chi connectivity index (χ1v) is 8.40. The highest BCUT2D eigenvalue weighted by atomic mass is 16.4. The van der Waals surface area contributed by atoms with Crippen molar-refractivity contribution < 1.29 is 24.9 Å². The van der Waals surface area contributed by atoms with Gasteiger partial charge in [0.15, 0.2) is 0 Å². The smallest absolute Gasteiger partial charge is 0.414 e. The molecule has 1 aromatic heterocycles. The summed E-state index contributed by atoms with van der Waals surface area (Å²) in [6.45, 7) is 3.15. The topological polar surface area (TPSA) is 136 Å². The first-order valence-electron chi connectivity index (χ1n) is 8.40. The van der Waals surface area contributed by atoms with Crippen LogP contribution in [0.3, 0.4) is 0 Å². The van der Waals surface area contributed by atoms with Gasteiger partial charge in [0.25, 0.3) is 0 Å². The molecule has 0 saturated carbocycles. The summed E-state index contributed by atoms with van der Waals surface area (Å²) >= 11 is 0. The van der Waals surface area contributed by atoms with Gasteiger partial charge >= 0.3 is 11.9 Å². The summed E-state index contributed by atoms with van der Waals surface area (Å²) in [6, 6.07) is 7.83. The first kappa shape index (κ1) is 21.2. The number of nitrogens with zero attached hydrogens (tertiary/aromatic N) is 1. The third-order valence-electron chi connectivity index (χ3n) is 3.58. The summed E-state index contributed by atoms with van der Waals surface area (Å²) in [5.41, 5.74) is 2.26. The lowest BCUT2D eigenvalue weighted by Crippen LogP contribution is -2.22. The van der Waals surface area contributed by atoms with E-state index in [2.05, 4.69) is 28.3 Å². The second-order valence-corrected chi connectivity index (χ2v) is 5.66. The number of benzene rings is 1. The molecule has 0 amide bonds. The highest BCUT2D eigenvalue weighted by Crippen LogP contribution is 2.22. The number of carboxylic acids is 2. The zero-order valence-corrected chi connectivity index (χ0v) is 14.7. The number of aliphatic carboxylic acids is 2. The Labute approximate surface area is 151 Å². The normalized spacial score (nSPS) is 11.3. The van der Waals surface area contributed by atoms with Crippen molar-refractivity contribution in [1.82, 2.24) is 15.3 Å². The van der Waals surface area contributed by atoms with Crippen molar-refractivity contribution in [2.75, 3.05) is 6.54 Å². The minimum atomic E-state index is -1.82. The second-order valence-electron chi connectivity index (χ2n) is 5.66. The molecule has 8 nitrogen and oxygen atoms in total. The number of carbonyl (C=O) groups is 2. The third-order valence-corrected chi connectivity index (χ3v) is 3.58. The van der Waals surface area contributed by atoms with Gasteiger partial charge in [0.05, 0.1) is 12.0 Å². The Kier molecular flexibility index (Phi) is 9.48. The number of rotatable bonds is 8. The van der Waals surface area contributed by atoms with Gasteiger partial charge in [0, 0.05) is 12.2 Å². The van der Waals surface area contributed by atoms with Crippen LogP contribution in [0.1, 0.15) is 43.5 Å². The Balaban J connectivity index is 0.000000487. The Bertz CT molecular complexity index is 661. The lowest BCUT2D eigenvalue weighted by molar-refractivity contribution is -0.159. The number of aryl methyl sites for hydroxylation is 1. The SMILES string of the molecule is CCCNC(CCCc1c[nH]cn1)c1cccc(O)c1.O=C(O)C(=O)O. The highest BCUT2D eigenvalue weighted by molar-refractivity contribution is 6.27. The maximum atomic E-state index is 9.62. The van der Waals surface area contributed by atoms with E-state index in [1.54, 1.807) is 12.4 Å². The van der Waals surface area contributed by atoms with Gasteiger partial charge in [-0.3, -0.25) is 0 Å². The number of phenolic OH excluding ortho intramolecular Hbond substituents is 1. The standard InChI is InChI=1S/C16H23N3O.C2H2O4/c1-2-9-18-16(13-5-3-7-15(20)10-13)8-4-6-14-11-17-12-19-14;3-1(4)2(5)6/h3,5,7,10-12,16,18,20H,2,4,6,8-9H2,1H3,(H,17,19);(H,3,4)(H,5,6). The Morgan fingerprint density at radius 1 is 1.27 bits per heavy atom. The second kappa shape index (κ2) is 11.6. The average molecular weight is 363 g/mol. The lowest BCUT2D eigenvalue weighted by Gasteiger charge is -2.19. The van der Waals surface area contributed by atoms with Gasteiger partial charge in [-0.1, -0.05) is 19.1 Å². The van der Waals surface area contributed by atoms with Crippen molar-refractivity contribution in [3.05, 3.63) is 48.0 Å². The first-order chi connectivity index (χ1) is 12.4. The number of hydrogen-bond acceptors (Lipinski definition) is 5. The Morgan fingerprint density at radius 3 is 2.54 bits per heavy atom. The third kappa shape index (κ3) is 8.29. The van der Waals surface area contributed by atoms with Crippen LogP contribution in [-0.2, 0) is 16.0 Å². The van der Waals surface area contributed by atoms with E-state index in [1.807, 2.05) is 18.3 Å². The molecule has 0 radical (unpaired) electrons. The maximum Gasteiger partial charge on any atom is 0.414 e. The zero-order valence-electron chi connectivity index (χ0n) is 14.7. The van der Waals surface area contributed by atoms with Crippen LogP contribution in [0.25, 0.3) is 0 Å². The van der Waals surface area contributed by atoms with Gasteiger partial charge in [0.2, 0.25) is 0 Å². The molecule has 1 aromatic carbocycles.